The van der Waals surface area contributed by atoms with Crippen LogP contribution in [0.3, 0.4) is 0 Å². The van der Waals surface area contributed by atoms with Gasteiger partial charge in [0.15, 0.2) is 0 Å². The van der Waals surface area contributed by atoms with Crippen LogP contribution in [-0.2, 0) is 11.2 Å². The van der Waals surface area contributed by atoms with Crippen molar-refractivity contribution in [2.75, 3.05) is 19.8 Å². The number of rotatable bonds is 5. The molecule has 0 amide bonds. The maximum Gasteiger partial charge on any atom is 0.138 e. The maximum atomic E-state index is 6.18. The average Bonchev–Trinajstić information content (AvgIpc) is 2.39. The van der Waals surface area contributed by atoms with Crippen molar-refractivity contribution in [3.8, 4) is 5.75 Å². The van der Waals surface area contributed by atoms with Crippen molar-refractivity contribution in [3.63, 3.8) is 0 Å². The Morgan fingerprint density at radius 3 is 2.94 bits per heavy atom. The minimum absolute atomic E-state index is 0.207. The molecule has 0 bridgehead atoms. The van der Waals surface area contributed by atoms with Gasteiger partial charge in [-0.25, -0.2) is 0 Å². The standard InChI is InChI=1S/C14H20ClNO2/c15-13-9-11(6-7-16)4-5-14(13)18-10-12-3-1-2-8-17-12/h4-5,9,12H,1-3,6-8,10,16H2. The lowest BCUT2D eigenvalue weighted by Crippen LogP contribution is -2.25. The predicted octanol–water partition coefficient (Wildman–Crippen LogP) is 2.79. The minimum atomic E-state index is 0.207. The number of benzene rings is 1. The van der Waals surface area contributed by atoms with E-state index in [-0.39, 0.29) is 6.10 Å². The van der Waals surface area contributed by atoms with Gasteiger partial charge in [-0.3, -0.25) is 0 Å². The molecule has 1 fully saturated rings. The summed E-state index contributed by atoms with van der Waals surface area (Å²) in [6, 6.07) is 5.84. The van der Waals surface area contributed by atoms with Crippen molar-refractivity contribution in [3.05, 3.63) is 28.8 Å². The largest absolute Gasteiger partial charge is 0.489 e. The van der Waals surface area contributed by atoms with Crippen LogP contribution in [0.25, 0.3) is 0 Å². The van der Waals surface area contributed by atoms with E-state index in [1.165, 1.54) is 6.42 Å². The third-order valence-corrected chi connectivity index (χ3v) is 3.42. The molecule has 1 aromatic rings. The van der Waals surface area contributed by atoms with E-state index in [1.807, 2.05) is 18.2 Å². The van der Waals surface area contributed by atoms with Crippen LogP contribution in [0.1, 0.15) is 24.8 Å². The molecular weight excluding hydrogens is 250 g/mol. The van der Waals surface area contributed by atoms with E-state index in [1.54, 1.807) is 0 Å². The molecule has 3 nitrogen and oxygen atoms in total. The smallest absolute Gasteiger partial charge is 0.138 e. The van der Waals surface area contributed by atoms with Crippen LogP contribution in [0.5, 0.6) is 5.75 Å². The Labute approximate surface area is 113 Å². The maximum absolute atomic E-state index is 6.18. The summed E-state index contributed by atoms with van der Waals surface area (Å²) in [4.78, 5) is 0. The first-order valence-electron chi connectivity index (χ1n) is 6.52. The average molecular weight is 270 g/mol. The molecule has 1 unspecified atom stereocenters. The topological polar surface area (TPSA) is 44.5 Å². The molecule has 1 heterocycles. The van der Waals surface area contributed by atoms with Crippen molar-refractivity contribution in [2.45, 2.75) is 31.8 Å². The first kappa shape index (κ1) is 13.7. The lowest BCUT2D eigenvalue weighted by molar-refractivity contribution is -0.0110. The van der Waals surface area contributed by atoms with Crippen molar-refractivity contribution < 1.29 is 9.47 Å². The van der Waals surface area contributed by atoms with Crippen LogP contribution in [0.2, 0.25) is 5.02 Å². The zero-order valence-electron chi connectivity index (χ0n) is 10.5. The zero-order valence-corrected chi connectivity index (χ0v) is 11.3. The third kappa shape index (κ3) is 3.87. The van der Waals surface area contributed by atoms with Crippen LogP contribution < -0.4 is 10.5 Å². The lowest BCUT2D eigenvalue weighted by atomic mass is 10.1. The fourth-order valence-electron chi connectivity index (χ4n) is 2.11. The molecule has 0 radical (unpaired) electrons. The van der Waals surface area contributed by atoms with Crippen LogP contribution in [0.4, 0.5) is 0 Å². The molecule has 0 spiro atoms. The number of hydrogen-bond donors (Lipinski definition) is 1. The summed E-state index contributed by atoms with van der Waals surface area (Å²) < 4.78 is 11.3. The van der Waals surface area contributed by atoms with Gasteiger partial charge in [0.25, 0.3) is 0 Å². The normalized spacial score (nSPS) is 19.8. The highest BCUT2D eigenvalue weighted by molar-refractivity contribution is 6.32. The summed E-state index contributed by atoms with van der Waals surface area (Å²) in [6.45, 7) is 2.06. The summed E-state index contributed by atoms with van der Waals surface area (Å²) in [6.07, 6.45) is 4.50. The molecule has 1 aliphatic heterocycles. The zero-order chi connectivity index (χ0) is 12.8. The Hall–Kier alpha value is -0.770. The van der Waals surface area contributed by atoms with Gasteiger partial charge >= 0.3 is 0 Å². The van der Waals surface area contributed by atoms with Gasteiger partial charge in [0.1, 0.15) is 12.4 Å². The van der Waals surface area contributed by atoms with Gasteiger partial charge in [-0.15, -0.1) is 0 Å². The minimum Gasteiger partial charge on any atom is -0.489 e. The second kappa shape index (κ2) is 6.98. The number of hydrogen-bond acceptors (Lipinski definition) is 3. The molecule has 1 aromatic carbocycles. The number of halogens is 1. The molecule has 1 saturated heterocycles. The Kier molecular flexibility index (Phi) is 5.29. The Balaban J connectivity index is 1.88. The van der Waals surface area contributed by atoms with Crippen molar-refractivity contribution in [1.29, 1.82) is 0 Å². The van der Waals surface area contributed by atoms with Crippen LogP contribution in [-0.4, -0.2) is 25.9 Å². The van der Waals surface area contributed by atoms with Gasteiger partial charge in [-0.1, -0.05) is 17.7 Å². The van der Waals surface area contributed by atoms with E-state index in [2.05, 4.69) is 0 Å². The molecule has 4 heteroatoms. The Morgan fingerprint density at radius 2 is 2.28 bits per heavy atom. The first-order valence-corrected chi connectivity index (χ1v) is 6.90. The summed E-state index contributed by atoms with van der Waals surface area (Å²) in [5.41, 5.74) is 6.66. The highest BCUT2D eigenvalue weighted by atomic mass is 35.5. The molecule has 0 aliphatic carbocycles. The number of ether oxygens (including phenoxy) is 2. The summed E-state index contributed by atoms with van der Waals surface area (Å²) in [5.74, 6) is 0.728. The molecule has 0 aromatic heterocycles. The molecule has 1 aliphatic rings. The van der Waals surface area contributed by atoms with Crippen molar-refractivity contribution in [1.82, 2.24) is 0 Å². The van der Waals surface area contributed by atoms with Crippen LogP contribution >= 0.6 is 11.6 Å². The van der Waals surface area contributed by atoms with Gasteiger partial charge in [-0.2, -0.15) is 0 Å². The second-order valence-electron chi connectivity index (χ2n) is 4.60. The van der Waals surface area contributed by atoms with E-state index in [0.717, 1.165) is 37.2 Å². The molecule has 1 atom stereocenters. The van der Waals surface area contributed by atoms with Gasteiger partial charge < -0.3 is 15.2 Å². The predicted molar refractivity (Wildman–Crippen MR) is 73.3 cm³/mol. The molecular formula is C14H20ClNO2. The quantitative estimate of drug-likeness (QED) is 0.894. The monoisotopic (exact) mass is 269 g/mol. The number of nitrogens with two attached hydrogens (primary N) is 1. The van der Waals surface area contributed by atoms with Crippen LogP contribution in [0, 0.1) is 0 Å². The van der Waals surface area contributed by atoms with Crippen LogP contribution in [0.15, 0.2) is 18.2 Å². The van der Waals surface area contributed by atoms with E-state index in [4.69, 9.17) is 26.8 Å². The lowest BCUT2D eigenvalue weighted by Gasteiger charge is -2.22. The third-order valence-electron chi connectivity index (χ3n) is 3.13. The van der Waals surface area contributed by atoms with Gasteiger partial charge in [0.05, 0.1) is 11.1 Å². The summed E-state index contributed by atoms with van der Waals surface area (Å²) in [7, 11) is 0. The first-order chi connectivity index (χ1) is 8.79. The fraction of sp³-hybridized carbons (Fsp3) is 0.571. The molecule has 100 valence electrons. The molecule has 18 heavy (non-hydrogen) atoms. The summed E-state index contributed by atoms with van der Waals surface area (Å²) in [5, 5.41) is 0.650. The summed E-state index contributed by atoms with van der Waals surface area (Å²) >= 11 is 6.18. The Bertz CT molecular complexity index is 378. The SMILES string of the molecule is NCCc1ccc(OCC2CCCCO2)c(Cl)c1. The van der Waals surface area contributed by atoms with E-state index in [9.17, 15) is 0 Å². The highest BCUT2D eigenvalue weighted by Gasteiger charge is 2.15. The van der Waals surface area contributed by atoms with Gasteiger partial charge in [-0.05, 0) is 49.9 Å². The van der Waals surface area contributed by atoms with E-state index in [0.29, 0.717) is 18.2 Å². The van der Waals surface area contributed by atoms with Gasteiger partial charge in [0, 0.05) is 6.61 Å². The van der Waals surface area contributed by atoms with Gasteiger partial charge in [0.2, 0.25) is 0 Å². The molecule has 2 rings (SSSR count). The fourth-order valence-corrected chi connectivity index (χ4v) is 2.36. The van der Waals surface area contributed by atoms with E-state index < -0.39 is 0 Å². The Morgan fingerprint density at radius 1 is 1.39 bits per heavy atom. The molecule has 0 saturated carbocycles. The van der Waals surface area contributed by atoms with Crippen molar-refractivity contribution >= 4 is 11.6 Å². The molecule has 2 N–H and O–H groups in total. The van der Waals surface area contributed by atoms with Crippen molar-refractivity contribution in [2.24, 2.45) is 5.73 Å². The van der Waals surface area contributed by atoms with E-state index >= 15 is 0 Å². The second-order valence-corrected chi connectivity index (χ2v) is 5.01. The highest BCUT2D eigenvalue weighted by Crippen LogP contribution is 2.26.